The maximum absolute atomic E-state index is 13.4. The van der Waals surface area contributed by atoms with Crippen molar-refractivity contribution in [2.75, 3.05) is 19.7 Å². The van der Waals surface area contributed by atoms with Crippen molar-refractivity contribution < 1.29 is 13.9 Å². The lowest BCUT2D eigenvalue weighted by molar-refractivity contribution is -0.124. The van der Waals surface area contributed by atoms with Crippen molar-refractivity contribution in [3.63, 3.8) is 0 Å². The number of piperidine rings is 1. The van der Waals surface area contributed by atoms with E-state index in [2.05, 4.69) is 24.5 Å². The summed E-state index contributed by atoms with van der Waals surface area (Å²) in [4.78, 5) is 19.8. The second kappa shape index (κ2) is 9.69. The number of nitrogens with zero attached hydrogens (tertiary/aromatic N) is 2. The summed E-state index contributed by atoms with van der Waals surface area (Å²) in [6.45, 7) is 7.55. The van der Waals surface area contributed by atoms with Crippen molar-refractivity contribution in [3.8, 4) is 5.75 Å². The van der Waals surface area contributed by atoms with Gasteiger partial charge in [0.15, 0.2) is 0 Å². The number of amides is 1. The molecule has 1 saturated heterocycles. The number of hydrogen-bond acceptors (Lipinski definition) is 5. The van der Waals surface area contributed by atoms with Crippen LogP contribution in [0.3, 0.4) is 0 Å². The first kappa shape index (κ1) is 22.3. The molecule has 0 unspecified atom stereocenters. The van der Waals surface area contributed by atoms with E-state index >= 15 is 0 Å². The van der Waals surface area contributed by atoms with Crippen LogP contribution in [0.15, 0.2) is 53.5 Å². The van der Waals surface area contributed by atoms with E-state index in [-0.39, 0.29) is 11.7 Å². The monoisotopic (exact) mass is 438 g/mol. The maximum atomic E-state index is 13.4. The molecule has 4 rings (SSSR count). The van der Waals surface area contributed by atoms with Crippen LogP contribution in [-0.2, 0) is 17.9 Å². The van der Waals surface area contributed by atoms with Gasteiger partial charge in [-0.2, -0.15) is 0 Å². The molecule has 2 heterocycles. The lowest BCUT2D eigenvalue weighted by Gasteiger charge is -2.28. The Balaban J connectivity index is 1.55. The van der Waals surface area contributed by atoms with E-state index in [9.17, 15) is 9.18 Å². The molecule has 2 aliphatic heterocycles. The van der Waals surface area contributed by atoms with Gasteiger partial charge in [-0.25, -0.2) is 9.38 Å². The molecule has 1 fully saturated rings. The Kier molecular flexibility index (Phi) is 6.74. The van der Waals surface area contributed by atoms with Gasteiger partial charge in [-0.05, 0) is 67.2 Å². The minimum atomic E-state index is -0.684. The molecule has 32 heavy (non-hydrogen) atoms. The van der Waals surface area contributed by atoms with Gasteiger partial charge in [-0.3, -0.25) is 10.1 Å². The van der Waals surface area contributed by atoms with Gasteiger partial charge in [0.25, 0.3) is 5.91 Å². The van der Waals surface area contributed by atoms with Crippen molar-refractivity contribution in [1.29, 1.82) is 0 Å². The van der Waals surface area contributed by atoms with Gasteiger partial charge >= 0.3 is 0 Å². The summed E-state index contributed by atoms with van der Waals surface area (Å²) in [5.74, 6) is 1.59. The van der Waals surface area contributed by atoms with E-state index in [1.165, 1.54) is 12.1 Å². The lowest BCUT2D eigenvalue weighted by Crippen LogP contribution is -2.48. The van der Waals surface area contributed by atoms with Crippen LogP contribution in [-0.4, -0.2) is 42.0 Å². The van der Waals surface area contributed by atoms with Gasteiger partial charge < -0.3 is 15.0 Å². The van der Waals surface area contributed by atoms with Crippen LogP contribution in [0.25, 0.3) is 0 Å². The maximum Gasteiger partial charge on any atom is 0.254 e. The zero-order valence-electron chi connectivity index (χ0n) is 18.7. The fraction of sp³-hybridized carbons (Fsp3) is 0.440. The third-order valence-electron chi connectivity index (χ3n) is 5.86. The van der Waals surface area contributed by atoms with Gasteiger partial charge in [-0.1, -0.05) is 38.1 Å². The Hall–Kier alpha value is -2.93. The average Bonchev–Trinajstić information content (AvgIpc) is 3.10. The van der Waals surface area contributed by atoms with Crippen LogP contribution in [0.1, 0.15) is 37.8 Å². The lowest BCUT2D eigenvalue weighted by atomic mass is 9.89. The number of ether oxygens (including phenoxy) is 1. The van der Waals surface area contributed by atoms with E-state index in [1.54, 1.807) is 12.1 Å². The van der Waals surface area contributed by atoms with Gasteiger partial charge in [0, 0.05) is 13.1 Å². The minimum absolute atomic E-state index is 0.0319. The highest BCUT2D eigenvalue weighted by molar-refractivity contribution is 6.07. The molecular weight excluding hydrogens is 407 g/mol. The molecule has 1 spiro atoms. The van der Waals surface area contributed by atoms with Crippen molar-refractivity contribution in [2.24, 2.45) is 10.9 Å². The molecule has 2 aromatic rings. The van der Waals surface area contributed by atoms with Crippen LogP contribution in [0.2, 0.25) is 0 Å². The van der Waals surface area contributed by atoms with E-state index in [1.807, 2.05) is 29.2 Å². The number of guanidine groups is 1. The SMILES string of the molecule is CC(C)COc1ccc(CN(Cc2ccc(F)cc2)C2=NC3(CCNCC3)C(=O)N2)cc1. The number of aliphatic imine (C=N–C) groups is 1. The molecule has 0 radical (unpaired) electrons. The third kappa shape index (κ3) is 5.27. The van der Waals surface area contributed by atoms with Crippen molar-refractivity contribution in [3.05, 3.63) is 65.5 Å². The topological polar surface area (TPSA) is 66.0 Å². The van der Waals surface area contributed by atoms with E-state index in [0.717, 1.165) is 30.0 Å². The van der Waals surface area contributed by atoms with Crippen molar-refractivity contribution >= 4 is 11.9 Å². The number of benzene rings is 2. The fourth-order valence-electron chi connectivity index (χ4n) is 4.02. The predicted molar refractivity (Wildman–Crippen MR) is 123 cm³/mol. The van der Waals surface area contributed by atoms with Gasteiger partial charge in [0.2, 0.25) is 5.96 Å². The summed E-state index contributed by atoms with van der Waals surface area (Å²) >= 11 is 0. The largest absolute Gasteiger partial charge is 0.493 e. The number of carbonyl (C=O) groups is 1. The third-order valence-corrected chi connectivity index (χ3v) is 5.86. The van der Waals surface area contributed by atoms with E-state index in [0.29, 0.717) is 44.4 Å². The zero-order chi connectivity index (χ0) is 22.6. The second-order valence-corrected chi connectivity index (χ2v) is 9.00. The average molecular weight is 439 g/mol. The zero-order valence-corrected chi connectivity index (χ0v) is 18.7. The smallest absolute Gasteiger partial charge is 0.254 e. The Bertz CT molecular complexity index is 951. The Morgan fingerprint density at radius 2 is 1.62 bits per heavy atom. The molecule has 6 nitrogen and oxygen atoms in total. The Labute approximate surface area is 188 Å². The molecule has 7 heteroatoms. The normalized spacial score (nSPS) is 17.4. The second-order valence-electron chi connectivity index (χ2n) is 9.00. The summed E-state index contributed by atoms with van der Waals surface area (Å²) < 4.78 is 19.2. The highest BCUT2D eigenvalue weighted by Gasteiger charge is 2.45. The molecule has 2 N–H and O–H groups in total. The van der Waals surface area contributed by atoms with Crippen LogP contribution in [0.4, 0.5) is 4.39 Å². The molecule has 1 amide bonds. The van der Waals surface area contributed by atoms with Gasteiger partial charge in [0.05, 0.1) is 6.61 Å². The van der Waals surface area contributed by atoms with Crippen LogP contribution >= 0.6 is 0 Å². The molecule has 0 atom stereocenters. The summed E-state index contributed by atoms with van der Waals surface area (Å²) in [5, 5.41) is 6.32. The molecule has 0 bridgehead atoms. The summed E-state index contributed by atoms with van der Waals surface area (Å²) in [5.41, 5.74) is 1.34. The highest BCUT2D eigenvalue weighted by Crippen LogP contribution is 2.28. The van der Waals surface area contributed by atoms with Crippen LogP contribution in [0, 0.1) is 11.7 Å². The first-order valence-corrected chi connectivity index (χ1v) is 11.3. The molecular formula is C25H31FN4O2. The number of carbonyl (C=O) groups excluding carboxylic acids is 1. The molecule has 2 aromatic carbocycles. The molecule has 2 aliphatic rings. The van der Waals surface area contributed by atoms with Crippen molar-refractivity contribution in [1.82, 2.24) is 15.5 Å². The van der Waals surface area contributed by atoms with Gasteiger partial charge in [-0.15, -0.1) is 0 Å². The van der Waals surface area contributed by atoms with Gasteiger partial charge in [0.1, 0.15) is 17.1 Å². The van der Waals surface area contributed by atoms with E-state index in [4.69, 9.17) is 9.73 Å². The van der Waals surface area contributed by atoms with Crippen LogP contribution < -0.4 is 15.4 Å². The quantitative estimate of drug-likeness (QED) is 0.695. The van der Waals surface area contributed by atoms with Crippen LogP contribution in [0.5, 0.6) is 5.75 Å². The first-order valence-electron chi connectivity index (χ1n) is 11.3. The molecule has 170 valence electrons. The van der Waals surface area contributed by atoms with E-state index < -0.39 is 5.54 Å². The molecule has 0 saturated carbocycles. The Morgan fingerprint density at radius 3 is 2.22 bits per heavy atom. The standard InChI is InChI=1S/C25H31FN4O2/c1-18(2)17-32-22-9-5-20(6-10-22)16-30(15-19-3-7-21(26)8-4-19)24-28-23(31)25(29-24)11-13-27-14-12-25/h3-10,18,27H,11-17H2,1-2H3,(H,28,29,31). The number of rotatable bonds is 7. The highest BCUT2D eigenvalue weighted by atomic mass is 19.1. The summed E-state index contributed by atoms with van der Waals surface area (Å²) in [7, 11) is 0. The van der Waals surface area contributed by atoms with Crippen molar-refractivity contribution in [2.45, 2.75) is 45.3 Å². The first-order chi connectivity index (χ1) is 15.4. The Morgan fingerprint density at radius 1 is 1.03 bits per heavy atom. The summed E-state index contributed by atoms with van der Waals surface area (Å²) in [6.07, 6.45) is 1.38. The summed E-state index contributed by atoms with van der Waals surface area (Å²) in [6, 6.07) is 14.4. The number of halogens is 1. The number of nitrogens with one attached hydrogen (secondary N) is 2. The predicted octanol–water partition coefficient (Wildman–Crippen LogP) is 3.47. The fourth-order valence-corrected chi connectivity index (χ4v) is 4.02. The molecule has 0 aliphatic carbocycles. The number of hydrogen-bond donors (Lipinski definition) is 2. The molecule has 0 aromatic heterocycles. The minimum Gasteiger partial charge on any atom is -0.493 e.